The summed E-state index contributed by atoms with van der Waals surface area (Å²) in [5.74, 6) is 0.309. The molecule has 1 aliphatic rings. The SMILES string of the molecule is CNC1CCN(CC(C)c2ccc(F)cc2)C1.Cl. The van der Waals surface area contributed by atoms with Crippen LogP contribution in [-0.2, 0) is 0 Å². The molecule has 0 aliphatic carbocycles. The lowest BCUT2D eigenvalue weighted by Gasteiger charge is -2.21. The molecule has 0 bridgehead atoms. The minimum atomic E-state index is -0.155. The zero-order valence-corrected chi connectivity index (χ0v) is 11.8. The van der Waals surface area contributed by atoms with Crippen LogP contribution in [0.15, 0.2) is 24.3 Å². The van der Waals surface area contributed by atoms with Crippen LogP contribution in [0.25, 0.3) is 0 Å². The van der Waals surface area contributed by atoms with Gasteiger partial charge in [0.25, 0.3) is 0 Å². The third-order valence-electron chi connectivity index (χ3n) is 3.65. The van der Waals surface area contributed by atoms with Gasteiger partial charge in [0.1, 0.15) is 5.82 Å². The van der Waals surface area contributed by atoms with Crippen molar-refractivity contribution in [3.63, 3.8) is 0 Å². The summed E-state index contributed by atoms with van der Waals surface area (Å²) in [6.07, 6.45) is 1.23. The predicted octanol–water partition coefficient (Wildman–Crippen LogP) is 2.64. The van der Waals surface area contributed by atoms with E-state index in [2.05, 4.69) is 17.1 Å². The van der Waals surface area contributed by atoms with E-state index in [0.29, 0.717) is 12.0 Å². The van der Waals surface area contributed by atoms with Crippen molar-refractivity contribution in [3.8, 4) is 0 Å². The highest BCUT2D eigenvalue weighted by atomic mass is 35.5. The van der Waals surface area contributed by atoms with Gasteiger partial charge in [-0.25, -0.2) is 4.39 Å². The average Bonchev–Trinajstić information content (AvgIpc) is 2.77. The molecule has 1 fully saturated rings. The van der Waals surface area contributed by atoms with E-state index >= 15 is 0 Å². The van der Waals surface area contributed by atoms with Gasteiger partial charge in [0.2, 0.25) is 0 Å². The fourth-order valence-electron chi connectivity index (χ4n) is 2.52. The Labute approximate surface area is 115 Å². The van der Waals surface area contributed by atoms with E-state index < -0.39 is 0 Å². The molecule has 2 unspecified atom stereocenters. The molecular weight excluding hydrogens is 251 g/mol. The first-order chi connectivity index (χ1) is 8.19. The third kappa shape index (κ3) is 3.94. The van der Waals surface area contributed by atoms with Crippen LogP contribution < -0.4 is 5.32 Å². The van der Waals surface area contributed by atoms with Crippen LogP contribution in [0.4, 0.5) is 4.39 Å². The molecule has 1 N–H and O–H groups in total. The van der Waals surface area contributed by atoms with E-state index in [4.69, 9.17) is 0 Å². The molecule has 1 aromatic carbocycles. The molecule has 0 aromatic heterocycles. The van der Waals surface area contributed by atoms with E-state index in [-0.39, 0.29) is 18.2 Å². The Morgan fingerprint density at radius 3 is 2.61 bits per heavy atom. The number of nitrogens with zero attached hydrogens (tertiary/aromatic N) is 1. The van der Waals surface area contributed by atoms with Crippen molar-refractivity contribution < 1.29 is 4.39 Å². The van der Waals surface area contributed by atoms with Gasteiger partial charge in [0.05, 0.1) is 0 Å². The normalized spacial score (nSPS) is 21.6. The van der Waals surface area contributed by atoms with Gasteiger partial charge in [-0.15, -0.1) is 12.4 Å². The summed E-state index contributed by atoms with van der Waals surface area (Å²) in [4.78, 5) is 2.48. The number of nitrogens with one attached hydrogen (secondary N) is 1. The number of likely N-dealkylation sites (tertiary alicyclic amines) is 1. The molecule has 4 heteroatoms. The average molecular weight is 273 g/mol. The summed E-state index contributed by atoms with van der Waals surface area (Å²) in [6, 6.07) is 7.52. The fraction of sp³-hybridized carbons (Fsp3) is 0.571. The molecule has 1 saturated heterocycles. The van der Waals surface area contributed by atoms with Crippen LogP contribution in [0.3, 0.4) is 0 Å². The minimum absolute atomic E-state index is 0. The highest BCUT2D eigenvalue weighted by molar-refractivity contribution is 5.85. The second kappa shape index (κ2) is 7.07. The smallest absolute Gasteiger partial charge is 0.123 e. The summed E-state index contributed by atoms with van der Waals surface area (Å²) in [7, 11) is 2.03. The van der Waals surface area contributed by atoms with Crippen LogP contribution in [0.1, 0.15) is 24.8 Å². The topological polar surface area (TPSA) is 15.3 Å². The predicted molar refractivity (Wildman–Crippen MR) is 76.0 cm³/mol. The summed E-state index contributed by atoms with van der Waals surface area (Å²) in [5, 5.41) is 3.32. The molecule has 2 atom stereocenters. The molecule has 2 rings (SSSR count). The second-order valence-electron chi connectivity index (χ2n) is 4.99. The molecule has 102 valence electrons. The van der Waals surface area contributed by atoms with Crippen molar-refractivity contribution in [3.05, 3.63) is 35.6 Å². The molecule has 0 spiro atoms. The van der Waals surface area contributed by atoms with Gasteiger partial charge in [-0.05, 0) is 43.6 Å². The Balaban J connectivity index is 0.00000162. The molecule has 18 heavy (non-hydrogen) atoms. The van der Waals surface area contributed by atoms with Gasteiger partial charge >= 0.3 is 0 Å². The van der Waals surface area contributed by atoms with E-state index in [1.807, 2.05) is 19.2 Å². The third-order valence-corrected chi connectivity index (χ3v) is 3.65. The van der Waals surface area contributed by atoms with Gasteiger partial charge in [-0.3, -0.25) is 0 Å². The lowest BCUT2D eigenvalue weighted by Crippen LogP contribution is -2.31. The quantitative estimate of drug-likeness (QED) is 0.907. The molecule has 1 heterocycles. The number of likely N-dealkylation sites (N-methyl/N-ethyl adjacent to an activating group) is 1. The maximum absolute atomic E-state index is 12.8. The summed E-state index contributed by atoms with van der Waals surface area (Å²) in [6.45, 7) is 5.56. The van der Waals surface area contributed by atoms with Crippen LogP contribution in [0, 0.1) is 5.82 Å². The second-order valence-corrected chi connectivity index (χ2v) is 4.99. The van der Waals surface area contributed by atoms with Crippen LogP contribution in [-0.4, -0.2) is 37.6 Å². The maximum Gasteiger partial charge on any atom is 0.123 e. The molecule has 1 aromatic rings. The number of rotatable bonds is 4. The Kier molecular flexibility index (Phi) is 6.06. The zero-order valence-electron chi connectivity index (χ0n) is 11.0. The lowest BCUT2D eigenvalue weighted by atomic mass is 10.0. The van der Waals surface area contributed by atoms with Crippen molar-refractivity contribution in [1.82, 2.24) is 10.2 Å². The number of benzene rings is 1. The highest BCUT2D eigenvalue weighted by Gasteiger charge is 2.22. The summed E-state index contributed by atoms with van der Waals surface area (Å²) < 4.78 is 12.8. The van der Waals surface area contributed by atoms with Crippen molar-refractivity contribution in [1.29, 1.82) is 0 Å². The Hall–Kier alpha value is -0.640. The van der Waals surface area contributed by atoms with Crippen molar-refractivity contribution in [2.45, 2.75) is 25.3 Å². The maximum atomic E-state index is 12.8. The van der Waals surface area contributed by atoms with Gasteiger partial charge in [0, 0.05) is 19.1 Å². The van der Waals surface area contributed by atoms with Crippen LogP contribution >= 0.6 is 12.4 Å². The largest absolute Gasteiger partial charge is 0.316 e. The zero-order chi connectivity index (χ0) is 12.3. The highest BCUT2D eigenvalue weighted by Crippen LogP contribution is 2.19. The van der Waals surface area contributed by atoms with Gasteiger partial charge < -0.3 is 10.2 Å². The first kappa shape index (κ1) is 15.4. The Morgan fingerprint density at radius 1 is 1.39 bits per heavy atom. The first-order valence-electron chi connectivity index (χ1n) is 6.34. The number of hydrogen-bond acceptors (Lipinski definition) is 2. The van der Waals surface area contributed by atoms with E-state index in [0.717, 1.165) is 19.6 Å². The van der Waals surface area contributed by atoms with E-state index in [1.54, 1.807) is 12.1 Å². The Bertz CT molecular complexity index is 355. The van der Waals surface area contributed by atoms with Crippen molar-refractivity contribution >= 4 is 12.4 Å². The minimum Gasteiger partial charge on any atom is -0.316 e. The standard InChI is InChI=1S/C14H21FN2.ClH/c1-11(12-3-5-13(15)6-4-12)9-17-8-7-14(10-17)16-2;/h3-6,11,14,16H,7-10H2,1-2H3;1H. The van der Waals surface area contributed by atoms with E-state index in [9.17, 15) is 4.39 Å². The molecule has 0 radical (unpaired) electrons. The molecule has 2 nitrogen and oxygen atoms in total. The van der Waals surface area contributed by atoms with Crippen LogP contribution in [0.2, 0.25) is 0 Å². The summed E-state index contributed by atoms with van der Waals surface area (Å²) in [5.41, 5.74) is 1.22. The van der Waals surface area contributed by atoms with Gasteiger partial charge in [0.15, 0.2) is 0 Å². The van der Waals surface area contributed by atoms with Gasteiger partial charge in [-0.2, -0.15) is 0 Å². The van der Waals surface area contributed by atoms with Gasteiger partial charge in [-0.1, -0.05) is 19.1 Å². The van der Waals surface area contributed by atoms with Crippen LogP contribution in [0.5, 0.6) is 0 Å². The first-order valence-corrected chi connectivity index (χ1v) is 6.34. The molecule has 0 amide bonds. The number of hydrogen-bond donors (Lipinski definition) is 1. The monoisotopic (exact) mass is 272 g/mol. The van der Waals surface area contributed by atoms with Crippen molar-refractivity contribution in [2.75, 3.05) is 26.7 Å². The molecule has 1 aliphatic heterocycles. The van der Waals surface area contributed by atoms with E-state index in [1.165, 1.54) is 12.0 Å². The Morgan fingerprint density at radius 2 is 2.06 bits per heavy atom. The fourth-order valence-corrected chi connectivity index (χ4v) is 2.52. The molecular formula is C14H22ClFN2. The van der Waals surface area contributed by atoms with Crippen molar-refractivity contribution in [2.24, 2.45) is 0 Å². The molecule has 0 saturated carbocycles. The number of halogens is 2. The lowest BCUT2D eigenvalue weighted by molar-refractivity contribution is 0.313. The summed E-state index contributed by atoms with van der Waals surface area (Å²) >= 11 is 0.